The average Bonchev–Trinajstić information content (AvgIpc) is 2.86. The Morgan fingerprint density at radius 3 is 2.85 bits per heavy atom. The van der Waals surface area contributed by atoms with Crippen LogP contribution < -0.4 is 4.74 Å². The van der Waals surface area contributed by atoms with E-state index < -0.39 is 0 Å². The third-order valence-electron chi connectivity index (χ3n) is 3.74. The summed E-state index contributed by atoms with van der Waals surface area (Å²) in [4.78, 5) is 2.40. The van der Waals surface area contributed by atoms with Gasteiger partial charge in [-0.15, -0.1) is 0 Å². The molecule has 0 amide bonds. The van der Waals surface area contributed by atoms with Crippen molar-refractivity contribution in [2.45, 2.75) is 38.3 Å². The molecule has 1 N–H and O–H groups in total. The van der Waals surface area contributed by atoms with Crippen molar-refractivity contribution >= 4 is 0 Å². The summed E-state index contributed by atoms with van der Waals surface area (Å²) in [6.07, 6.45) is 2.98. The van der Waals surface area contributed by atoms with Crippen molar-refractivity contribution in [2.24, 2.45) is 0 Å². The third-order valence-corrected chi connectivity index (χ3v) is 3.74. The van der Waals surface area contributed by atoms with Gasteiger partial charge >= 0.3 is 0 Å². The molecule has 1 aliphatic rings. The van der Waals surface area contributed by atoms with E-state index in [1.165, 1.54) is 12.8 Å². The monoisotopic (exact) mass is 274 g/mol. The molecule has 4 nitrogen and oxygen atoms in total. The maximum atomic E-state index is 9.50. The second-order valence-electron chi connectivity index (χ2n) is 5.40. The van der Waals surface area contributed by atoms with Gasteiger partial charge in [-0.1, -0.05) is 0 Å². The van der Waals surface area contributed by atoms with Crippen molar-refractivity contribution in [3.8, 4) is 11.8 Å². The molecule has 108 valence electrons. The van der Waals surface area contributed by atoms with Crippen molar-refractivity contribution < 1.29 is 9.84 Å². The number of rotatable bonds is 6. The van der Waals surface area contributed by atoms with Gasteiger partial charge in [-0.25, -0.2) is 0 Å². The number of likely N-dealkylation sites (tertiary alicyclic amines) is 1. The quantitative estimate of drug-likeness (QED) is 0.863. The lowest BCUT2D eigenvalue weighted by molar-refractivity contribution is 0.124. The summed E-state index contributed by atoms with van der Waals surface area (Å²) in [7, 11) is 0. The molecule has 1 aromatic carbocycles. The lowest BCUT2D eigenvalue weighted by Gasteiger charge is -2.25. The highest BCUT2D eigenvalue weighted by molar-refractivity contribution is 5.34. The predicted octanol–water partition coefficient (Wildman–Crippen LogP) is 2.17. The van der Waals surface area contributed by atoms with Crippen LogP contribution in [0.25, 0.3) is 0 Å². The molecule has 0 aliphatic carbocycles. The van der Waals surface area contributed by atoms with E-state index in [1.807, 2.05) is 19.1 Å². The molecule has 0 aromatic heterocycles. The van der Waals surface area contributed by atoms with Crippen molar-refractivity contribution in [1.29, 1.82) is 5.26 Å². The van der Waals surface area contributed by atoms with Crippen LogP contribution in [0.15, 0.2) is 24.3 Å². The molecule has 1 aliphatic heterocycles. The number of nitrogens with zero attached hydrogens (tertiary/aromatic N) is 2. The van der Waals surface area contributed by atoms with Gasteiger partial charge in [0.05, 0.1) is 17.7 Å². The highest BCUT2D eigenvalue weighted by Gasteiger charge is 2.25. The zero-order chi connectivity index (χ0) is 14.4. The maximum absolute atomic E-state index is 9.50. The Balaban J connectivity index is 1.75. The Labute approximate surface area is 120 Å². The topological polar surface area (TPSA) is 56.5 Å². The van der Waals surface area contributed by atoms with Gasteiger partial charge in [0, 0.05) is 12.6 Å². The van der Waals surface area contributed by atoms with E-state index in [9.17, 15) is 5.11 Å². The summed E-state index contributed by atoms with van der Waals surface area (Å²) >= 11 is 0. The summed E-state index contributed by atoms with van der Waals surface area (Å²) in [6, 6.07) is 9.77. The number of hydrogen-bond acceptors (Lipinski definition) is 4. The second kappa shape index (κ2) is 7.28. The van der Waals surface area contributed by atoms with E-state index in [0.29, 0.717) is 18.2 Å². The molecular formula is C16H22N2O2. The minimum absolute atomic E-state index is 0.236. The molecule has 20 heavy (non-hydrogen) atoms. The smallest absolute Gasteiger partial charge is 0.119 e. The van der Waals surface area contributed by atoms with Crippen molar-refractivity contribution in [3.05, 3.63) is 29.8 Å². The Hall–Kier alpha value is -1.57. The molecule has 0 bridgehead atoms. The van der Waals surface area contributed by atoms with Crippen LogP contribution in [0, 0.1) is 11.3 Å². The van der Waals surface area contributed by atoms with Crippen molar-refractivity contribution in [2.75, 3.05) is 19.7 Å². The molecule has 2 rings (SSSR count). The number of aliphatic hydroxyl groups is 1. The molecule has 1 aromatic rings. The molecule has 1 saturated heterocycles. The van der Waals surface area contributed by atoms with E-state index in [-0.39, 0.29) is 6.10 Å². The molecule has 2 atom stereocenters. The Bertz CT molecular complexity index is 451. The van der Waals surface area contributed by atoms with Crippen molar-refractivity contribution in [1.82, 2.24) is 4.90 Å². The van der Waals surface area contributed by atoms with Gasteiger partial charge in [-0.2, -0.15) is 5.26 Å². The fourth-order valence-electron chi connectivity index (χ4n) is 2.76. The molecule has 1 heterocycles. The van der Waals surface area contributed by atoms with E-state index >= 15 is 0 Å². The summed E-state index contributed by atoms with van der Waals surface area (Å²) in [5.74, 6) is 0.801. The lowest BCUT2D eigenvalue weighted by Crippen LogP contribution is -2.35. The predicted molar refractivity (Wildman–Crippen MR) is 77.5 cm³/mol. The van der Waals surface area contributed by atoms with Crippen LogP contribution in [0.5, 0.6) is 5.75 Å². The van der Waals surface area contributed by atoms with Crippen LogP contribution in [-0.4, -0.2) is 41.8 Å². The first kappa shape index (κ1) is 14.8. The Morgan fingerprint density at radius 2 is 2.20 bits per heavy atom. The highest BCUT2D eigenvalue weighted by Crippen LogP contribution is 2.21. The number of benzene rings is 1. The SMILES string of the molecule is CC(O)CC1CCCN1CCOc1ccc(C#N)cc1. The van der Waals surface area contributed by atoms with Gasteiger partial charge in [-0.3, -0.25) is 4.90 Å². The summed E-state index contributed by atoms with van der Waals surface area (Å²) in [6.45, 7) is 4.47. The number of aliphatic hydroxyl groups excluding tert-OH is 1. The van der Waals surface area contributed by atoms with Gasteiger partial charge in [0.1, 0.15) is 12.4 Å². The summed E-state index contributed by atoms with van der Waals surface area (Å²) < 4.78 is 5.71. The molecule has 0 spiro atoms. The Kier molecular flexibility index (Phi) is 5.40. The van der Waals surface area contributed by atoms with E-state index in [1.54, 1.807) is 12.1 Å². The van der Waals surface area contributed by atoms with Crippen LogP contribution in [0.4, 0.5) is 0 Å². The molecular weight excluding hydrogens is 252 g/mol. The van der Waals surface area contributed by atoms with E-state index in [4.69, 9.17) is 10.00 Å². The highest BCUT2D eigenvalue weighted by atomic mass is 16.5. The first-order valence-corrected chi connectivity index (χ1v) is 7.24. The van der Waals surface area contributed by atoms with E-state index in [0.717, 1.165) is 25.3 Å². The second-order valence-corrected chi connectivity index (χ2v) is 5.40. The average molecular weight is 274 g/mol. The zero-order valence-electron chi connectivity index (χ0n) is 12.0. The van der Waals surface area contributed by atoms with Gasteiger partial charge in [-0.05, 0) is 57.0 Å². The first-order chi connectivity index (χ1) is 9.69. The maximum Gasteiger partial charge on any atom is 0.119 e. The van der Waals surface area contributed by atoms with Crippen LogP contribution in [0.1, 0.15) is 31.7 Å². The van der Waals surface area contributed by atoms with Crippen LogP contribution in [0.2, 0.25) is 0 Å². The van der Waals surface area contributed by atoms with Crippen LogP contribution >= 0.6 is 0 Å². The zero-order valence-corrected chi connectivity index (χ0v) is 12.0. The standard InChI is InChI=1S/C16H22N2O2/c1-13(19)11-15-3-2-8-18(15)9-10-20-16-6-4-14(12-17)5-7-16/h4-7,13,15,19H,2-3,8-11H2,1H3. The van der Waals surface area contributed by atoms with Gasteiger partial charge < -0.3 is 9.84 Å². The number of nitriles is 1. The fourth-order valence-corrected chi connectivity index (χ4v) is 2.76. The van der Waals surface area contributed by atoms with Crippen LogP contribution in [0.3, 0.4) is 0 Å². The first-order valence-electron chi connectivity index (χ1n) is 7.24. The molecule has 0 radical (unpaired) electrons. The normalized spacial score (nSPS) is 20.6. The van der Waals surface area contributed by atoms with Gasteiger partial charge in [0.15, 0.2) is 0 Å². The lowest BCUT2D eigenvalue weighted by atomic mass is 10.1. The van der Waals surface area contributed by atoms with Crippen molar-refractivity contribution in [3.63, 3.8) is 0 Å². The molecule has 1 fully saturated rings. The number of ether oxygens (including phenoxy) is 1. The Morgan fingerprint density at radius 1 is 1.45 bits per heavy atom. The molecule has 4 heteroatoms. The largest absolute Gasteiger partial charge is 0.492 e. The molecule has 2 unspecified atom stereocenters. The van der Waals surface area contributed by atoms with Crippen LogP contribution in [-0.2, 0) is 0 Å². The molecule has 0 saturated carbocycles. The van der Waals surface area contributed by atoms with Gasteiger partial charge in [0.25, 0.3) is 0 Å². The minimum atomic E-state index is -0.236. The fraction of sp³-hybridized carbons (Fsp3) is 0.562. The third kappa shape index (κ3) is 4.22. The van der Waals surface area contributed by atoms with Gasteiger partial charge in [0.2, 0.25) is 0 Å². The minimum Gasteiger partial charge on any atom is -0.492 e. The number of hydrogen-bond donors (Lipinski definition) is 1. The van der Waals surface area contributed by atoms with E-state index in [2.05, 4.69) is 11.0 Å². The summed E-state index contributed by atoms with van der Waals surface area (Å²) in [5.41, 5.74) is 0.647. The summed E-state index contributed by atoms with van der Waals surface area (Å²) in [5, 5.41) is 18.2.